The van der Waals surface area contributed by atoms with Crippen molar-refractivity contribution in [1.82, 2.24) is 5.43 Å². The van der Waals surface area contributed by atoms with Crippen LogP contribution in [0.15, 0.2) is 77.9 Å². The number of carbonyl (C=O) groups excluding carboxylic acids is 2. The summed E-state index contributed by atoms with van der Waals surface area (Å²) < 4.78 is 16.2. The van der Waals surface area contributed by atoms with Crippen molar-refractivity contribution in [2.24, 2.45) is 5.10 Å². The number of esters is 1. The van der Waals surface area contributed by atoms with Crippen LogP contribution < -0.4 is 19.6 Å². The van der Waals surface area contributed by atoms with Crippen LogP contribution >= 0.6 is 11.6 Å². The first kappa shape index (κ1) is 23.8. The van der Waals surface area contributed by atoms with Gasteiger partial charge in [-0.15, -0.1) is 0 Å². The van der Waals surface area contributed by atoms with Crippen LogP contribution in [0.2, 0.25) is 5.02 Å². The number of nitrogens with one attached hydrogen (secondary N) is 1. The van der Waals surface area contributed by atoms with Crippen LogP contribution in [0, 0.1) is 0 Å². The summed E-state index contributed by atoms with van der Waals surface area (Å²) in [5.41, 5.74) is 3.52. The van der Waals surface area contributed by atoms with E-state index in [1.165, 1.54) is 6.21 Å². The quantitative estimate of drug-likeness (QED) is 0.199. The zero-order chi connectivity index (χ0) is 23.5. The number of benzene rings is 3. The van der Waals surface area contributed by atoms with Crippen molar-refractivity contribution in [3.8, 4) is 17.2 Å². The van der Waals surface area contributed by atoms with Crippen LogP contribution in [0.4, 0.5) is 0 Å². The monoisotopic (exact) mass is 466 g/mol. The van der Waals surface area contributed by atoms with E-state index in [1.54, 1.807) is 72.8 Å². The molecule has 3 rings (SSSR count). The molecule has 0 heterocycles. The number of nitrogens with zero attached hydrogens (tertiary/aromatic N) is 1. The summed E-state index contributed by atoms with van der Waals surface area (Å²) in [6.45, 7) is 2.47. The number of hydrogen-bond acceptors (Lipinski definition) is 6. The number of hydrazone groups is 1. The number of rotatable bonds is 10. The SMILES string of the molecule is CCCOc1ccc(C(=O)Oc2ccc(/C=N\NC(=O)COc3ccc(Cl)cc3)cc2)cc1. The Morgan fingerprint density at radius 1 is 0.879 bits per heavy atom. The second kappa shape index (κ2) is 12.3. The molecule has 0 saturated carbocycles. The second-order valence-electron chi connectivity index (χ2n) is 6.87. The van der Waals surface area contributed by atoms with Gasteiger partial charge >= 0.3 is 5.97 Å². The Balaban J connectivity index is 1.44. The number of hydrogen-bond donors (Lipinski definition) is 1. The van der Waals surface area contributed by atoms with Crippen molar-refractivity contribution in [1.29, 1.82) is 0 Å². The molecule has 33 heavy (non-hydrogen) atoms. The number of amides is 1. The lowest BCUT2D eigenvalue weighted by molar-refractivity contribution is -0.123. The third-order valence-corrected chi connectivity index (χ3v) is 4.49. The van der Waals surface area contributed by atoms with Gasteiger partial charge in [0, 0.05) is 5.02 Å². The molecule has 0 aliphatic rings. The van der Waals surface area contributed by atoms with Crippen molar-refractivity contribution in [3.05, 3.63) is 88.9 Å². The molecule has 1 N–H and O–H groups in total. The molecule has 0 unspecified atom stereocenters. The first-order chi connectivity index (χ1) is 16.0. The summed E-state index contributed by atoms with van der Waals surface area (Å²) in [6.07, 6.45) is 2.39. The molecule has 0 atom stereocenters. The van der Waals surface area contributed by atoms with Gasteiger partial charge in [-0.05, 0) is 84.8 Å². The van der Waals surface area contributed by atoms with Crippen molar-refractivity contribution in [2.45, 2.75) is 13.3 Å². The molecule has 170 valence electrons. The molecule has 3 aromatic carbocycles. The lowest BCUT2D eigenvalue weighted by Crippen LogP contribution is -2.24. The van der Waals surface area contributed by atoms with E-state index in [4.69, 9.17) is 25.8 Å². The van der Waals surface area contributed by atoms with E-state index in [2.05, 4.69) is 10.5 Å². The Bertz CT molecular complexity index is 1080. The van der Waals surface area contributed by atoms with Crippen molar-refractivity contribution in [2.75, 3.05) is 13.2 Å². The average molecular weight is 467 g/mol. The first-order valence-corrected chi connectivity index (χ1v) is 10.7. The number of carbonyl (C=O) groups is 2. The van der Waals surface area contributed by atoms with E-state index >= 15 is 0 Å². The maximum Gasteiger partial charge on any atom is 0.343 e. The van der Waals surface area contributed by atoms with E-state index in [1.807, 2.05) is 6.92 Å². The Labute approximate surface area is 196 Å². The maximum atomic E-state index is 12.3. The minimum atomic E-state index is -0.466. The molecule has 0 aromatic heterocycles. The molecule has 0 saturated heterocycles. The van der Waals surface area contributed by atoms with Gasteiger partial charge in [-0.3, -0.25) is 4.79 Å². The number of ether oxygens (including phenoxy) is 3. The summed E-state index contributed by atoms with van der Waals surface area (Å²) in [4.78, 5) is 24.1. The third-order valence-electron chi connectivity index (χ3n) is 4.24. The minimum Gasteiger partial charge on any atom is -0.494 e. The zero-order valence-electron chi connectivity index (χ0n) is 18.0. The smallest absolute Gasteiger partial charge is 0.343 e. The highest BCUT2D eigenvalue weighted by Crippen LogP contribution is 2.17. The summed E-state index contributed by atoms with van der Waals surface area (Å²) >= 11 is 5.80. The molecule has 0 radical (unpaired) electrons. The molecule has 0 aliphatic heterocycles. The van der Waals surface area contributed by atoms with E-state index in [0.29, 0.717) is 40.0 Å². The number of halogens is 1. The van der Waals surface area contributed by atoms with Gasteiger partial charge in [-0.25, -0.2) is 10.2 Å². The van der Waals surface area contributed by atoms with E-state index < -0.39 is 11.9 Å². The highest BCUT2D eigenvalue weighted by molar-refractivity contribution is 6.30. The fourth-order valence-electron chi connectivity index (χ4n) is 2.59. The van der Waals surface area contributed by atoms with Crippen LogP contribution in [-0.2, 0) is 4.79 Å². The zero-order valence-corrected chi connectivity index (χ0v) is 18.7. The minimum absolute atomic E-state index is 0.181. The molecule has 7 nitrogen and oxygen atoms in total. The van der Waals surface area contributed by atoms with E-state index in [0.717, 1.165) is 6.42 Å². The van der Waals surface area contributed by atoms with Crippen LogP contribution in [0.1, 0.15) is 29.3 Å². The van der Waals surface area contributed by atoms with Crippen molar-refractivity contribution in [3.63, 3.8) is 0 Å². The summed E-state index contributed by atoms with van der Waals surface area (Å²) in [6, 6.07) is 20.2. The normalized spacial score (nSPS) is 10.6. The standard InChI is InChI=1S/C25H23ClN2O5/c1-2-15-31-21-11-5-19(6-12-21)25(30)33-23-9-3-18(4-10-23)16-27-28-24(29)17-32-22-13-7-20(26)8-14-22/h3-14,16H,2,15,17H2,1H3,(H,28,29)/b27-16-. The van der Waals surface area contributed by atoms with Crippen LogP contribution in [-0.4, -0.2) is 31.3 Å². The largest absolute Gasteiger partial charge is 0.494 e. The maximum absolute atomic E-state index is 12.3. The Hall–Kier alpha value is -3.84. The van der Waals surface area contributed by atoms with E-state index in [9.17, 15) is 9.59 Å². The van der Waals surface area contributed by atoms with Gasteiger partial charge in [0.15, 0.2) is 6.61 Å². The van der Waals surface area contributed by atoms with E-state index in [-0.39, 0.29) is 6.61 Å². The summed E-state index contributed by atoms with van der Waals surface area (Å²) in [5, 5.41) is 4.48. The molecule has 3 aromatic rings. The fourth-order valence-corrected chi connectivity index (χ4v) is 2.71. The predicted octanol–water partition coefficient (Wildman–Crippen LogP) is 4.88. The molecule has 1 amide bonds. The molecular formula is C25H23ClN2O5. The van der Waals surface area contributed by atoms with Crippen molar-refractivity contribution < 1.29 is 23.8 Å². The molecule has 0 fully saturated rings. The molecule has 0 spiro atoms. The van der Waals surface area contributed by atoms with Crippen molar-refractivity contribution >= 4 is 29.7 Å². The van der Waals surface area contributed by atoms with Gasteiger partial charge in [-0.1, -0.05) is 18.5 Å². The lowest BCUT2D eigenvalue weighted by atomic mass is 10.2. The molecular weight excluding hydrogens is 444 g/mol. The van der Waals surface area contributed by atoms with Gasteiger partial charge in [0.2, 0.25) is 0 Å². The first-order valence-electron chi connectivity index (χ1n) is 10.3. The van der Waals surface area contributed by atoms with Gasteiger partial charge in [0.1, 0.15) is 17.2 Å². The van der Waals surface area contributed by atoms with Gasteiger partial charge in [0.05, 0.1) is 18.4 Å². The molecule has 0 aliphatic carbocycles. The van der Waals surface area contributed by atoms with Gasteiger partial charge in [0.25, 0.3) is 5.91 Å². The highest BCUT2D eigenvalue weighted by Gasteiger charge is 2.09. The predicted molar refractivity (Wildman–Crippen MR) is 126 cm³/mol. The molecule has 8 heteroatoms. The Kier molecular flexibility index (Phi) is 8.85. The average Bonchev–Trinajstić information content (AvgIpc) is 2.84. The summed E-state index contributed by atoms with van der Waals surface area (Å²) in [7, 11) is 0. The Morgan fingerprint density at radius 2 is 1.48 bits per heavy atom. The fraction of sp³-hybridized carbons (Fsp3) is 0.160. The highest BCUT2D eigenvalue weighted by atomic mass is 35.5. The van der Waals surface area contributed by atoms with Crippen LogP contribution in [0.5, 0.6) is 17.2 Å². The van der Waals surface area contributed by atoms with Gasteiger partial charge in [-0.2, -0.15) is 5.10 Å². The molecule has 0 bridgehead atoms. The lowest BCUT2D eigenvalue weighted by Gasteiger charge is -2.07. The summed E-state index contributed by atoms with van der Waals surface area (Å²) in [5.74, 6) is 0.762. The second-order valence-corrected chi connectivity index (χ2v) is 7.30. The van der Waals surface area contributed by atoms with Crippen LogP contribution in [0.25, 0.3) is 0 Å². The Morgan fingerprint density at radius 3 is 2.15 bits per heavy atom. The van der Waals surface area contributed by atoms with Crippen LogP contribution in [0.3, 0.4) is 0 Å². The third kappa shape index (κ3) is 7.97. The topological polar surface area (TPSA) is 86.2 Å². The van der Waals surface area contributed by atoms with Gasteiger partial charge < -0.3 is 14.2 Å².